The summed E-state index contributed by atoms with van der Waals surface area (Å²) in [4.78, 5) is 31.9. The van der Waals surface area contributed by atoms with Crippen molar-refractivity contribution in [2.24, 2.45) is 23.5 Å². The molecular formula is C21H38Cl2N4O2. The van der Waals surface area contributed by atoms with Crippen molar-refractivity contribution in [3.63, 3.8) is 0 Å². The van der Waals surface area contributed by atoms with E-state index < -0.39 is 0 Å². The Kier molecular flexibility index (Phi) is 9.52. The Labute approximate surface area is 187 Å². The monoisotopic (exact) mass is 448 g/mol. The van der Waals surface area contributed by atoms with Gasteiger partial charge in [0, 0.05) is 51.2 Å². The zero-order valence-electron chi connectivity index (χ0n) is 17.5. The van der Waals surface area contributed by atoms with Gasteiger partial charge in [-0.2, -0.15) is 0 Å². The maximum Gasteiger partial charge on any atom is 0.236 e. The summed E-state index contributed by atoms with van der Waals surface area (Å²) < 4.78 is 0. The third kappa shape index (κ3) is 5.78. The van der Waals surface area contributed by atoms with Crippen LogP contribution in [0.2, 0.25) is 0 Å². The number of nitrogens with two attached hydrogens (primary N) is 1. The van der Waals surface area contributed by atoms with E-state index in [4.69, 9.17) is 5.73 Å². The number of carbonyl (C=O) groups excluding carboxylic acids is 2. The van der Waals surface area contributed by atoms with E-state index in [2.05, 4.69) is 9.80 Å². The van der Waals surface area contributed by atoms with Gasteiger partial charge in [0.05, 0.1) is 6.54 Å². The van der Waals surface area contributed by atoms with Crippen LogP contribution >= 0.6 is 24.8 Å². The van der Waals surface area contributed by atoms with Crippen molar-refractivity contribution < 1.29 is 9.59 Å². The average Bonchev–Trinajstić information content (AvgIpc) is 3.09. The number of nitrogens with zero attached hydrogens (tertiary/aromatic N) is 3. The van der Waals surface area contributed by atoms with Crippen molar-refractivity contribution in [1.29, 1.82) is 0 Å². The quantitative estimate of drug-likeness (QED) is 0.717. The van der Waals surface area contributed by atoms with E-state index >= 15 is 0 Å². The Balaban J connectivity index is 0.00000150. The lowest BCUT2D eigenvalue weighted by atomic mass is 9.65. The van der Waals surface area contributed by atoms with E-state index in [0.717, 1.165) is 71.4 Å². The summed E-state index contributed by atoms with van der Waals surface area (Å²) in [6.45, 7) is 5.71. The maximum atomic E-state index is 13.2. The van der Waals surface area contributed by atoms with Gasteiger partial charge >= 0.3 is 0 Å². The van der Waals surface area contributed by atoms with Crippen LogP contribution in [0.3, 0.4) is 0 Å². The number of halogens is 2. The summed E-state index contributed by atoms with van der Waals surface area (Å²) in [6.07, 6.45) is 8.92. The second kappa shape index (κ2) is 11.2. The van der Waals surface area contributed by atoms with Gasteiger partial charge in [-0.25, -0.2) is 0 Å². The van der Waals surface area contributed by atoms with Gasteiger partial charge < -0.3 is 15.5 Å². The number of amides is 2. The molecule has 2 heterocycles. The Morgan fingerprint density at radius 2 is 1.38 bits per heavy atom. The molecule has 8 heteroatoms. The minimum atomic E-state index is 0. The fourth-order valence-corrected chi connectivity index (χ4v) is 5.86. The molecule has 2 atom stereocenters. The lowest BCUT2D eigenvalue weighted by Crippen LogP contribution is -2.50. The second-order valence-corrected chi connectivity index (χ2v) is 9.24. The van der Waals surface area contributed by atoms with E-state index in [9.17, 15) is 9.59 Å². The van der Waals surface area contributed by atoms with Crippen LogP contribution in [0.4, 0.5) is 0 Å². The van der Waals surface area contributed by atoms with Crippen molar-refractivity contribution in [2.45, 2.75) is 57.4 Å². The highest BCUT2D eigenvalue weighted by molar-refractivity contribution is 5.85. The minimum Gasteiger partial charge on any atom is -0.342 e. The predicted molar refractivity (Wildman–Crippen MR) is 119 cm³/mol. The van der Waals surface area contributed by atoms with E-state index in [1.54, 1.807) is 0 Å². The average molecular weight is 449 g/mol. The van der Waals surface area contributed by atoms with Crippen molar-refractivity contribution >= 4 is 36.6 Å². The fourth-order valence-electron chi connectivity index (χ4n) is 5.86. The van der Waals surface area contributed by atoms with Gasteiger partial charge in [0.15, 0.2) is 0 Å². The first-order valence-corrected chi connectivity index (χ1v) is 11.2. The molecule has 2 N–H and O–H groups in total. The van der Waals surface area contributed by atoms with Crippen LogP contribution in [0.1, 0.15) is 51.4 Å². The van der Waals surface area contributed by atoms with Crippen LogP contribution in [0.5, 0.6) is 0 Å². The summed E-state index contributed by atoms with van der Waals surface area (Å²) in [5, 5.41) is 0. The standard InChI is InChI=1S/C21H36N4O2.2ClH/c22-20-16-5-3-6-17(20)14-18(13-16)21(27)25-10-4-7-23(11-12-25)15-19(26)24-8-1-2-9-24;;/h16-18,20H,1-15,22H2;2*1H. The molecule has 0 aromatic carbocycles. The van der Waals surface area contributed by atoms with Crippen molar-refractivity contribution in [3.8, 4) is 0 Å². The highest BCUT2D eigenvalue weighted by Gasteiger charge is 2.41. The molecule has 2 unspecified atom stereocenters. The summed E-state index contributed by atoms with van der Waals surface area (Å²) in [6, 6.07) is 0.319. The number of rotatable bonds is 3. The molecule has 4 rings (SSSR count). The van der Waals surface area contributed by atoms with Crippen LogP contribution in [-0.2, 0) is 9.59 Å². The smallest absolute Gasteiger partial charge is 0.236 e. The van der Waals surface area contributed by atoms with Crippen molar-refractivity contribution in [3.05, 3.63) is 0 Å². The molecule has 2 bridgehead atoms. The van der Waals surface area contributed by atoms with Crippen LogP contribution in [-0.4, -0.2) is 78.4 Å². The number of likely N-dealkylation sites (tertiary alicyclic amines) is 1. The molecule has 2 saturated carbocycles. The van der Waals surface area contributed by atoms with Crippen LogP contribution in [0.15, 0.2) is 0 Å². The Hall–Kier alpha value is -0.560. The fraction of sp³-hybridized carbons (Fsp3) is 0.905. The number of hydrogen-bond donors (Lipinski definition) is 1. The Morgan fingerprint density at radius 3 is 2.03 bits per heavy atom. The summed E-state index contributed by atoms with van der Waals surface area (Å²) in [5.74, 6) is 1.90. The zero-order chi connectivity index (χ0) is 18.8. The van der Waals surface area contributed by atoms with Gasteiger partial charge in [-0.15, -0.1) is 24.8 Å². The molecule has 2 aliphatic carbocycles. The third-order valence-corrected chi connectivity index (χ3v) is 7.48. The topological polar surface area (TPSA) is 69.9 Å². The van der Waals surface area contributed by atoms with E-state index in [1.165, 1.54) is 19.3 Å². The van der Waals surface area contributed by atoms with E-state index in [0.29, 0.717) is 30.3 Å². The molecule has 29 heavy (non-hydrogen) atoms. The van der Waals surface area contributed by atoms with Crippen molar-refractivity contribution in [2.75, 3.05) is 45.8 Å². The molecule has 0 radical (unpaired) electrons. The lowest BCUT2D eigenvalue weighted by molar-refractivity contribution is -0.138. The first-order chi connectivity index (χ1) is 13.1. The molecule has 0 aromatic heterocycles. The first kappa shape index (κ1) is 24.7. The van der Waals surface area contributed by atoms with E-state index in [1.807, 2.05) is 4.90 Å². The molecule has 2 amide bonds. The Morgan fingerprint density at radius 1 is 0.759 bits per heavy atom. The molecule has 4 fully saturated rings. The largest absolute Gasteiger partial charge is 0.342 e. The number of fused-ring (bicyclic) bond motifs is 2. The molecule has 6 nitrogen and oxygen atoms in total. The van der Waals surface area contributed by atoms with Crippen molar-refractivity contribution in [1.82, 2.24) is 14.7 Å². The van der Waals surface area contributed by atoms with Crippen LogP contribution in [0.25, 0.3) is 0 Å². The summed E-state index contributed by atoms with van der Waals surface area (Å²) >= 11 is 0. The van der Waals surface area contributed by atoms with Gasteiger partial charge in [0.2, 0.25) is 11.8 Å². The zero-order valence-corrected chi connectivity index (χ0v) is 19.1. The van der Waals surface area contributed by atoms with Gasteiger partial charge in [-0.3, -0.25) is 14.5 Å². The van der Waals surface area contributed by atoms with E-state index in [-0.39, 0.29) is 36.6 Å². The van der Waals surface area contributed by atoms with Crippen LogP contribution < -0.4 is 5.73 Å². The van der Waals surface area contributed by atoms with Gasteiger partial charge in [0.1, 0.15) is 0 Å². The second-order valence-electron chi connectivity index (χ2n) is 9.24. The molecule has 0 aromatic rings. The molecule has 2 saturated heterocycles. The predicted octanol–water partition coefficient (Wildman–Crippen LogP) is 2.14. The molecule has 168 valence electrons. The highest BCUT2D eigenvalue weighted by Crippen LogP contribution is 2.42. The number of carbonyl (C=O) groups is 2. The summed E-state index contributed by atoms with van der Waals surface area (Å²) in [7, 11) is 0. The maximum absolute atomic E-state index is 13.2. The molecule has 4 aliphatic rings. The van der Waals surface area contributed by atoms with Crippen LogP contribution in [0, 0.1) is 17.8 Å². The van der Waals surface area contributed by atoms with Gasteiger partial charge in [0.25, 0.3) is 0 Å². The van der Waals surface area contributed by atoms with Gasteiger partial charge in [-0.1, -0.05) is 6.42 Å². The lowest BCUT2D eigenvalue weighted by Gasteiger charge is -2.44. The normalized spacial score (nSPS) is 32.7. The molecule has 0 spiro atoms. The number of hydrogen-bond acceptors (Lipinski definition) is 4. The van der Waals surface area contributed by atoms with Gasteiger partial charge in [-0.05, 0) is 56.8 Å². The Bertz CT molecular complexity index is 545. The molecule has 2 aliphatic heterocycles. The third-order valence-electron chi connectivity index (χ3n) is 7.48. The molecular weight excluding hydrogens is 411 g/mol. The minimum absolute atomic E-state index is 0. The SMILES string of the molecule is Cl.Cl.NC1C2CCCC1CC(C(=O)N1CCCN(CC(=O)N3CCCC3)CC1)C2. The highest BCUT2D eigenvalue weighted by atomic mass is 35.5. The summed E-state index contributed by atoms with van der Waals surface area (Å²) in [5.41, 5.74) is 6.40. The first-order valence-electron chi connectivity index (χ1n) is 11.2.